The molecule has 0 radical (unpaired) electrons. The second-order valence-electron chi connectivity index (χ2n) is 3.72. The van der Waals surface area contributed by atoms with E-state index in [-0.39, 0.29) is 12.1 Å². The smallest absolute Gasteiger partial charge is 0.0487 e. The van der Waals surface area contributed by atoms with Crippen LogP contribution < -0.4 is 11.5 Å². The molecule has 0 saturated heterocycles. The fourth-order valence-electron chi connectivity index (χ4n) is 1.59. The monoisotopic (exact) mass is 232 g/mol. The standard InChI is InChI=1S/C15H24N2/c1-5-9-11-13(8-4)15(17)14(16)12(7-3)10-6-2/h5-11,14-15H,1,16-17H2,2-4H3/b10-6-,11-9-,12-7+,13-8+/t14-,15-/m1/s1. The van der Waals surface area contributed by atoms with E-state index in [1.807, 2.05) is 57.2 Å². The van der Waals surface area contributed by atoms with Crippen LogP contribution >= 0.6 is 0 Å². The molecular weight excluding hydrogens is 208 g/mol. The van der Waals surface area contributed by atoms with Crippen molar-refractivity contribution in [1.29, 1.82) is 0 Å². The highest BCUT2D eigenvalue weighted by Gasteiger charge is 2.17. The lowest BCUT2D eigenvalue weighted by Crippen LogP contribution is -2.43. The van der Waals surface area contributed by atoms with Crippen molar-refractivity contribution in [1.82, 2.24) is 0 Å². The molecule has 2 heteroatoms. The minimum Gasteiger partial charge on any atom is -0.322 e. The van der Waals surface area contributed by atoms with Gasteiger partial charge in [0, 0.05) is 12.1 Å². The van der Waals surface area contributed by atoms with Crippen molar-refractivity contribution in [2.24, 2.45) is 11.5 Å². The average molecular weight is 232 g/mol. The summed E-state index contributed by atoms with van der Waals surface area (Å²) in [6.07, 6.45) is 13.5. The van der Waals surface area contributed by atoms with E-state index in [1.165, 1.54) is 0 Å². The minimum atomic E-state index is -0.210. The van der Waals surface area contributed by atoms with Gasteiger partial charge in [-0.05, 0) is 31.9 Å². The molecule has 0 aliphatic carbocycles. The SMILES string of the molecule is C=C/C=C\C(=C/C)[C@@H](N)[C@H](N)C(/C=C\C)=C/C. The number of nitrogens with two attached hydrogens (primary N) is 2. The van der Waals surface area contributed by atoms with E-state index >= 15 is 0 Å². The maximum absolute atomic E-state index is 6.17. The molecule has 0 saturated carbocycles. The Hall–Kier alpha value is -1.38. The van der Waals surface area contributed by atoms with E-state index in [9.17, 15) is 0 Å². The Kier molecular flexibility index (Phi) is 8.03. The predicted molar refractivity (Wildman–Crippen MR) is 77.6 cm³/mol. The van der Waals surface area contributed by atoms with Crippen LogP contribution in [-0.2, 0) is 0 Å². The molecule has 2 atom stereocenters. The summed E-state index contributed by atoms with van der Waals surface area (Å²) in [5.41, 5.74) is 14.4. The maximum atomic E-state index is 6.17. The van der Waals surface area contributed by atoms with Crippen LogP contribution in [-0.4, -0.2) is 12.1 Å². The Morgan fingerprint density at radius 1 is 0.941 bits per heavy atom. The zero-order valence-corrected chi connectivity index (χ0v) is 11.1. The first-order valence-corrected chi connectivity index (χ1v) is 5.87. The van der Waals surface area contributed by atoms with Crippen molar-refractivity contribution >= 4 is 0 Å². The Labute approximate surface area is 105 Å². The van der Waals surface area contributed by atoms with Gasteiger partial charge in [0.1, 0.15) is 0 Å². The van der Waals surface area contributed by atoms with Gasteiger partial charge in [0.15, 0.2) is 0 Å². The van der Waals surface area contributed by atoms with Crippen molar-refractivity contribution in [2.75, 3.05) is 0 Å². The Morgan fingerprint density at radius 2 is 1.41 bits per heavy atom. The third-order valence-corrected chi connectivity index (χ3v) is 2.61. The van der Waals surface area contributed by atoms with Crippen molar-refractivity contribution in [3.8, 4) is 0 Å². The number of hydrogen-bond donors (Lipinski definition) is 2. The number of hydrogen-bond acceptors (Lipinski definition) is 2. The maximum Gasteiger partial charge on any atom is 0.0487 e. The largest absolute Gasteiger partial charge is 0.322 e. The lowest BCUT2D eigenvalue weighted by atomic mass is 9.93. The molecule has 0 aromatic carbocycles. The van der Waals surface area contributed by atoms with Crippen molar-refractivity contribution in [2.45, 2.75) is 32.9 Å². The van der Waals surface area contributed by atoms with Gasteiger partial charge in [0.2, 0.25) is 0 Å². The summed E-state index contributed by atoms with van der Waals surface area (Å²) in [4.78, 5) is 0. The van der Waals surface area contributed by atoms with E-state index in [2.05, 4.69) is 6.58 Å². The first-order valence-electron chi connectivity index (χ1n) is 5.87. The van der Waals surface area contributed by atoms with E-state index in [4.69, 9.17) is 11.5 Å². The van der Waals surface area contributed by atoms with Gasteiger partial charge < -0.3 is 11.5 Å². The molecule has 0 amide bonds. The average Bonchev–Trinajstić information content (AvgIpc) is 2.35. The van der Waals surface area contributed by atoms with Gasteiger partial charge in [-0.25, -0.2) is 0 Å². The predicted octanol–water partition coefficient (Wildman–Crippen LogP) is 2.85. The number of rotatable bonds is 6. The molecule has 0 unspecified atom stereocenters. The van der Waals surface area contributed by atoms with Gasteiger partial charge >= 0.3 is 0 Å². The van der Waals surface area contributed by atoms with Gasteiger partial charge in [-0.2, -0.15) is 0 Å². The third-order valence-electron chi connectivity index (χ3n) is 2.61. The second kappa shape index (κ2) is 8.74. The van der Waals surface area contributed by atoms with Crippen LogP contribution in [0, 0.1) is 0 Å². The molecule has 0 heterocycles. The Balaban J connectivity index is 4.95. The molecule has 17 heavy (non-hydrogen) atoms. The quantitative estimate of drug-likeness (QED) is 0.692. The van der Waals surface area contributed by atoms with Gasteiger partial charge in [-0.3, -0.25) is 0 Å². The van der Waals surface area contributed by atoms with Crippen molar-refractivity contribution in [3.05, 3.63) is 60.3 Å². The highest BCUT2D eigenvalue weighted by atomic mass is 14.8. The fourth-order valence-corrected chi connectivity index (χ4v) is 1.59. The van der Waals surface area contributed by atoms with E-state index in [0.717, 1.165) is 11.1 Å². The van der Waals surface area contributed by atoms with Crippen LogP contribution in [0.2, 0.25) is 0 Å². The van der Waals surface area contributed by atoms with Crippen LogP contribution in [0.25, 0.3) is 0 Å². The van der Waals surface area contributed by atoms with Gasteiger partial charge in [-0.15, -0.1) is 0 Å². The molecule has 4 N–H and O–H groups in total. The molecule has 0 aliphatic heterocycles. The summed E-state index contributed by atoms with van der Waals surface area (Å²) < 4.78 is 0. The molecule has 0 bridgehead atoms. The van der Waals surface area contributed by atoms with Crippen LogP contribution in [0.1, 0.15) is 20.8 Å². The van der Waals surface area contributed by atoms with Crippen LogP contribution in [0.3, 0.4) is 0 Å². The second-order valence-corrected chi connectivity index (χ2v) is 3.72. The summed E-state index contributed by atoms with van der Waals surface area (Å²) in [5, 5.41) is 0. The van der Waals surface area contributed by atoms with Crippen molar-refractivity contribution < 1.29 is 0 Å². The van der Waals surface area contributed by atoms with Crippen LogP contribution in [0.4, 0.5) is 0 Å². The topological polar surface area (TPSA) is 52.0 Å². The minimum absolute atomic E-state index is 0.197. The first-order chi connectivity index (χ1) is 8.12. The lowest BCUT2D eigenvalue weighted by Gasteiger charge is -2.22. The summed E-state index contributed by atoms with van der Waals surface area (Å²) in [7, 11) is 0. The molecule has 0 spiro atoms. The normalized spacial score (nSPS) is 17.7. The van der Waals surface area contributed by atoms with E-state index in [1.54, 1.807) is 6.08 Å². The summed E-state index contributed by atoms with van der Waals surface area (Å²) >= 11 is 0. The molecule has 0 aromatic rings. The molecular formula is C15H24N2. The Morgan fingerprint density at radius 3 is 1.76 bits per heavy atom. The van der Waals surface area contributed by atoms with Gasteiger partial charge in [0.05, 0.1) is 0 Å². The summed E-state index contributed by atoms with van der Waals surface area (Å²) in [5.74, 6) is 0. The Bertz CT molecular complexity index is 346. The van der Waals surface area contributed by atoms with Crippen molar-refractivity contribution in [3.63, 3.8) is 0 Å². The molecule has 94 valence electrons. The van der Waals surface area contributed by atoms with Gasteiger partial charge in [-0.1, -0.05) is 49.1 Å². The van der Waals surface area contributed by atoms with Gasteiger partial charge in [0.25, 0.3) is 0 Å². The molecule has 0 aromatic heterocycles. The molecule has 0 aliphatic rings. The summed E-state index contributed by atoms with van der Waals surface area (Å²) in [6.45, 7) is 9.54. The molecule has 2 nitrogen and oxygen atoms in total. The lowest BCUT2D eigenvalue weighted by molar-refractivity contribution is 0.664. The molecule has 0 fully saturated rings. The number of allylic oxidation sites excluding steroid dienone is 5. The van der Waals surface area contributed by atoms with Crippen LogP contribution in [0.5, 0.6) is 0 Å². The zero-order chi connectivity index (χ0) is 13.3. The van der Waals surface area contributed by atoms with Crippen LogP contribution in [0.15, 0.2) is 60.3 Å². The van der Waals surface area contributed by atoms with E-state index < -0.39 is 0 Å². The highest BCUT2D eigenvalue weighted by Crippen LogP contribution is 2.13. The highest BCUT2D eigenvalue weighted by molar-refractivity contribution is 5.34. The third kappa shape index (κ3) is 4.98. The zero-order valence-electron chi connectivity index (χ0n) is 11.1. The molecule has 0 rings (SSSR count). The fraction of sp³-hybridized carbons (Fsp3) is 0.333. The summed E-state index contributed by atoms with van der Waals surface area (Å²) in [6, 6.07) is -0.407. The van der Waals surface area contributed by atoms with E-state index in [0.29, 0.717) is 0 Å². The first kappa shape index (κ1) is 15.6.